The van der Waals surface area contributed by atoms with Crippen LogP contribution in [0.3, 0.4) is 0 Å². The summed E-state index contributed by atoms with van der Waals surface area (Å²) in [5.41, 5.74) is 6.36. The van der Waals surface area contributed by atoms with E-state index in [1.165, 1.54) is 0 Å². The van der Waals surface area contributed by atoms with Gasteiger partial charge in [-0.25, -0.2) is 4.39 Å². The Labute approximate surface area is 101 Å². The fourth-order valence-electron chi connectivity index (χ4n) is 1.86. The SMILES string of the molecule is NC1(Cc2c(Br)cc3c(c2F)OCO3)CC1. The first-order chi connectivity index (χ1) is 7.59. The first-order valence-electron chi connectivity index (χ1n) is 5.14. The summed E-state index contributed by atoms with van der Waals surface area (Å²) in [7, 11) is 0. The lowest BCUT2D eigenvalue weighted by atomic mass is 10.0. The molecule has 0 spiro atoms. The summed E-state index contributed by atoms with van der Waals surface area (Å²) in [6.07, 6.45) is 2.44. The Morgan fingerprint density at radius 3 is 2.88 bits per heavy atom. The lowest BCUT2D eigenvalue weighted by molar-refractivity contribution is 0.170. The van der Waals surface area contributed by atoms with Crippen molar-refractivity contribution >= 4 is 15.9 Å². The van der Waals surface area contributed by atoms with E-state index in [4.69, 9.17) is 15.2 Å². The van der Waals surface area contributed by atoms with Gasteiger partial charge >= 0.3 is 0 Å². The van der Waals surface area contributed by atoms with E-state index in [0.717, 1.165) is 12.8 Å². The van der Waals surface area contributed by atoms with Crippen molar-refractivity contribution in [2.45, 2.75) is 24.8 Å². The molecule has 0 radical (unpaired) electrons. The number of halogens is 2. The van der Waals surface area contributed by atoms with Gasteiger partial charge in [-0.05, 0) is 25.3 Å². The second kappa shape index (κ2) is 3.34. The molecule has 0 amide bonds. The number of benzene rings is 1. The highest BCUT2D eigenvalue weighted by Gasteiger charge is 2.40. The molecule has 1 aromatic carbocycles. The summed E-state index contributed by atoms with van der Waals surface area (Å²) in [6.45, 7) is 0.0793. The molecule has 86 valence electrons. The van der Waals surface area contributed by atoms with Crippen LogP contribution in [0, 0.1) is 5.82 Å². The van der Waals surface area contributed by atoms with Crippen LogP contribution in [0.5, 0.6) is 11.5 Å². The smallest absolute Gasteiger partial charge is 0.231 e. The molecule has 1 fully saturated rings. The van der Waals surface area contributed by atoms with E-state index in [9.17, 15) is 4.39 Å². The van der Waals surface area contributed by atoms with Crippen LogP contribution in [0.4, 0.5) is 4.39 Å². The summed E-state index contributed by atoms with van der Waals surface area (Å²) >= 11 is 3.35. The van der Waals surface area contributed by atoms with E-state index < -0.39 is 0 Å². The molecule has 3 nitrogen and oxygen atoms in total. The lowest BCUT2D eigenvalue weighted by Gasteiger charge is -2.12. The second-order valence-electron chi connectivity index (χ2n) is 4.42. The zero-order valence-corrected chi connectivity index (χ0v) is 10.1. The van der Waals surface area contributed by atoms with Gasteiger partial charge in [-0.2, -0.15) is 0 Å². The number of fused-ring (bicyclic) bond motifs is 1. The van der Waals surface area contributed by atoms with Crippen molar-refractivity contribution in [3.63, 3.8) is 0 Å². The molecule has 0 atom stereocenters. The highest BCUT2D eigenvalue weighted by atomic mass is 79.9. The Morgan fingerprint density at radius 1 is 1.44 bits per heavy atom. The second-order valence-corrected chi connectivity index (χ2v) is 5.28. The van der Waals surface area contributed by atoms with Gasteiger partial charge < -0.3 is 15.2 Å². The first-order valence-corrected chi connectivity index (χ1v) is 5.94. The fourth-order valence-corrected chi connectivity index (χ4v) is 2.38. The van der Waals surface area contributed by atoms with Crippen molar-refractivity contribution in [2.75, 3.05) is 6.79 Å². The summed E-state index contributed by atoms with van der Waals surface area (Å²) in [6, 6.07) is 1.74. The normalized spacial score (nSPS) is 19.9. The van der Waals surface area contributed by atoms with Crippen molar-refractivity contribution < 1.29 is 13.9 Å². The van der Waals surface area contributed by atoms with Crippen LogP contribution in [-0.2, 0) is 6.42 Å². The molecular formula is C11H11BrFNO2. The van der Waals surface area contributed by atoms with Crippen LogP contribution in [0.15, 0.2) is 10.5 Å². The number of hydrogen-bond acceptors (Lipinski definition) is 3. The minimum atomic E-state index is -0.349. The molecule has 5 heteroatoms. The number of ether oxygens (including phenoxy) is 2. The van der Waals surface area contributed by atoms with Gasteiger partial charge in [0.15, 0.2) is 11.6 Å². The van der Waals surface area contributed by atoms with E-state index in [2.05, 4.69) is 15.9 Å². The van der Waals surface area contributed by atoms with Gasteiger partial charge in [0.25, 0.3) is 0 Å². The van der Waals surface area contributed by atoms with Gasteiger partial charge in [0.2, 0.25) is 12.5 Å². The Kier molecular flexibility index (Phi) is 2.16. The van der Waals surface area contributed by atoms with Crippen molar-refractivity contribution in [1.82, 2.24) is 0 Å². The summed E-state index contributed by atoms with van der Waals surface area (Å²) < 4.78 is 25.0. The maximum Gasteiger partial charge on any atom is 0.231 e. The topological polar surface area (TPSA) is 44.5 Å². The van der Waals surface area contributed by atoms with Gasteiger partial charge in [-0.15, -0.1) is 0 Å². The molecule has 1 aromatic rings. The molecule has 1 heterocycles. The summed E-state index contributed by atoms with van der Waals surface area (Å²) in [4.78, 5) is 0. The van der Waals surface area contributed by atoms with E-state index in [1.807, 2.05) is 0 Å². The predicted molar refractivity (Wildman–Crippen MR) is 60.1 cm³/mol. The van der Waals surface area contributed by atoms with Crippen molar-refractivity contribution in [2.24, 2.45) is 5.73 Å². The standard InChI is InChI=1S/C11H11BrFNO2/c12-7-3-8-10(16-5-15-8)9(13)6(7)4-11(14)1-2-11/h3H,1-2,4-5,14H2. The van der Waals surface area contributed by atoms with E-state index in [0.29, 0.717) is 22.2 Å². The van der Waals surface area contributed by atoms with Gasteiger partial charge in [-0.1, -0.05) is 15.9 Å². The minimum absolute atomic E-state index is 0.0793. The van der Waals surface area contributed by atoms with E-state index >= 15 is 0 Å². The van der Waals surface area contributed by atoms with Crippen LogP contribution in [0.1, 0.15) is 18.4 Å². The zero-order chi connectivity index (χ0) is 11.3. The van der Waals surface area contributed by atoms with Crippen LogP contribution in [-0.4, -0.2) is 12.3 Å². The average Bonchev–Trinajstić information content (AvgIpc) is 2.77. The van der Waals surface area contributed by atoms with Crippen LogP contribution >= 0.6 is 15.9 Å². The van der Waals surface area contributed by atoms with Crippen LogP contribution in [0.25, 0.3) is 0 Å². The van der Waals surface area contributed by atoms with Crippen LogP contribution < -0.4 is 15.2 Å². The van der Waals surface area contributed by atoms with Crippen LogP contribution in [0.2, 0.25) is 0 Å². The van der Waals surface area contributed by atoms with Crippen molar-refractivity contribution in [1.29, 1.82) is 0 Å². The van der Waals surface area contributed by atoms with Gasteiger partial charge in [0.05, 0.1) is 0 Å². The molecule has 2 aliphatic rings. The lowest BCUT2D eigenvalue weighted by Crippen LogP contribution is -2.25. The predicted octanol–water partition coefficient (Wildman–Crippen LogP) is 2.35. The quantitative estimate of drug-likeness (QED) is 0.908. The minimum Gasteiger partial charge on any atom is -0.453 e. The van der Waals surface area contributed by atoms with E-state index in [1.54, 1.807) is 6.07 Å². The summed E-state index contributed by atoms with van der Waals surface area (Å²) in [5, 5.41) is 0. The molecule has 0 bridgehead atoms. The Balaban J connectivity index is 2.03. The third kappa shape index (κ3) is 1.58. The Hall–Kier alpha value is -0.810. The monoisotopic (exact) mass is 287 g/mol. The maximum absolute atomic E-state index is 14.1. The van der Waals surface area contributed by atoms with Crippen molar-refractivity contribution in [3.8, 4) is 11.5 Å². The molecule has 1 aliphatic heterocycles. The molecule has 0 aromatic heterocycles. The largest absolute Gasteiger partial charge is 0.453 e. The van der Waals surface area contributed by atoms with Gasteiger partial charge in [0, 0.05) is 15.6 Å². The number of nitrogens with two attached hydrogens (primary N) is 1. The van der Waals surface area contributed by atoms with Gasteiger partial charge in [0.1, 0.15) is 0 Å². The van der Waals surface area contributed by atoms with Crippen molar-refractivity contribution in [3.05, 3.63) is 21.9 Å². The van der Waals surface area contributed by atoms with Gasteiger partial charge in [-0.3, -0.25) is 0 Å². The maximum atomic E-state index is 14.1. The molecule has 16 heavy (non-hydrogen) atoms. The molecule has 0 unspecified atom stereocenters. The molecule has 2 N–H and O–H groups in total. The fraction of sp³-hybridized carbons (Fsp3) is 0.455. The molecule has 1 saturated carbocycles. The Morgan fingerprint density at radius 2 is 2.19 bits per heavy atom. The van der Waals surface area contributed by atoms with E-state index in [-0.39, 0.29) is 23.9 Å². The average molecular weight is 288 g/mol. The molecule has 0 saturated heterocycles. The summed E-state index contributed by atoms with van der Waals surface area (Å²) in [5.74, 6) is 0.316. The molecular weight excluding hydrogens is 277 g/mol. The zero-order valence-electron chi connectivity index (χ0n) is 8.56. The third-order valence-corrected chi connectivity index (χ3v) is 3.78. The highest BCUT2D eigenvalue weighted by Crippen LogP contribution is 2.44. The third-order valence-electron chi connectivity index (χ3n) is 3.07. The first kappa shape index (κ1) is 10.4. The number of rotatable bonds is 2. The molecule has 3 rings (SSSR count). The highest BCUT2D eigenvalue weighted by molar-refractivity contribution is 9.10. The Bertz CT molecular complexity index is 460. The molecule has 1 aliphatic carbocycles. The number of hydrogen-bond donors (Lipinski definition) is 1.